The van der Waals surface area contributed by atoms with Crippen LogP contribution in [0.15, 0.2) is 18.5 Å². The van der Waals surface area contributed by atoms with Gasteiger partial charge >= 0.3 is 0 Å². The Bertz CT molecular complexity index is 413. The third-order valence-electron chi connectivity index (χ3n) is 3.45. The first-order valence-electron chi connectivity index (χ1n) is 5.77. The zero-order valence-electron chi connectivity index (χ0n) is 8.99. The van der Waals surface area contributed by atoms with Crippen molar-refractivity contribution in [2.75, 3.05) is 0 Å². The Morgan fingerprint density at radius 2 is 2.00 bits per heavy atom. The van der Waals surface area contributed by atoms with Crippen molar-refractivity contribution in [1.29, 1.82) is 0 Å². The third-order valence-corrected chi connectivity index (χ3v) is 3.64. The maximum Gasteiger partial charge on any atom is 0.222 e. The smallest absolute Gasteiger partial charge is 0.222 e. The molecule has 1 N–H and O–H groups in total. The predicted molar refractivity (Wildman–Crippen MR) is 64.2 cm³/mol. The number of nitrogens with zero attached hydrogens (tertiary/aromatic N) is 2. The normalized spacial score (nSPS) is 28.7. The second-order valence-electron chi connectivity index (χ2n) is 4.47. The molecular formula is C12H14ClN3. The van der Waals surface area contributed by atoms with Crippen LogP contribution in [0.2, 0.25) is 5.28 Å². The molecule has 0 aromatic carbocycles. The van der Waals surface area contributed by atoms with Crippen LogP contribution in [0.4, 0.5) is 0 Å². The summed E-state index contributed by atoms with van der Waals surface area (Å²) >= 11 is 5.70. The van der Waals surface area contributed by atoms with E-state index in [2.05, 4.69) is 21.4 Å². The highest BCUT2D eigenvalue weighted by atomic mass is 35.5. The minimum atomic E-state index is 0.315. The first-order valence-corrected chi connectivity index (χ1v) is 6.15. The zero-order chi connectivity index (χ0) is 11.0. The summed E-state index contributed by atoms with van der Waals surface area (Å²) in [6, 6.07) is 1.18. The van der Waals surface area contributed by atoms with Crippen LogP contribution >= 0.6 is 11.6 Å². The lowest BCUT2D eigenvalue weighted by Gasteiger charge is -2.14. The van der Waals surface area contributed by atoms with Crippen molar-refractivity contribution in [3.05, 3.63) is 29.3 Å². The van der Waals surface area contributed by atoms with E-state index < -0.39 is 0 Å². The summed E-state index contributed by atoms with van der Waals surface area (Å²) in [6.45, 7) is 0. The first-order chi connectivity index (χ1) is 7.83. The molecule has 16 heavy (non-hydrogen) atoms. The van der Waals surface area contributed by atoms with Gasteiger partial charge in [-0.1, -0.05) is 6.08 Å². The number of hydrogen-bond donors (Lipinski definition) is 1. The molecule has 4 heteroatoms. The molecule has 2 aliphatic rings. The Morgan fingerprint density at radius 3 is 2.81 bits per heavy atom. The first kappa shape index (κ1) is 10.2. The number of fused-ring (bicyclic) bond motifs is 2. The average Bonchev–Trinajstić information content (AvgIpc) is 2.63. The van der Waals surface area contributed by atoms with Crippen LogP contribution in [0, 0.1) is 0 Å². The van der Waals surface area contributed by atoms with Crippen molar-refractivity contribution < 1.29 is 0 Å². The standard InChI is InChI=1S/C12H14ClN3/c13-12-14-6-8(7-15-12)10-3-1-2-9-4-5-11(10)16-9/h3,6-7,9,11,16H,1-2,4-5H2/t9-,11-/m1/s1. The summed E-state index contributed by atoms with van der Waals surface area (Å²) in [5.41, 5.74) is 2.45. The van der Waals surface area contributed by atoms with Gasteiger partial charge in [0.1, 0.15) is 0 Å². The number of rotatable bonds is 1. The van der Waals surface area contributed by atoms with Gasteiger partial charge in [-0.3, -0.25) is 0 Å². The van der Waals surface area contributed by atoms with Crippen LogP contribution in [0.3, 0.4) is 0 Å². The van der Waals surface area contributed by atoms with Crippen molar-refractivity contribution in [1.82, 2.24) is 15.3 Å². The molecule has 0 amide bonds. The molecule has 3 nitrogen and oxygen atoms in total. The van der Waals surface area contributed by atoms with Crippen molar-refractivity contribution in [3.8, 4) is 0 Å². The van der Waals surface area contributed by atoms with Gasteiger partial charge in [0, 0.05) is 30.0 Å². The molecule has 0 aliphatic carbocycles. The highest BCUT2D eigenvalue weighted by molar-refractivity contribution is 6.28. The van der Waals surface area contributed by atoms with E-state index in [0.29, 0.717) is 17.4 Å². The maximum absolute atomic E-state index is 5.70. The van der Waals surface area contributed by atoms with Gasteiger partial charge in [0.2, 0.25) is 5.28 Å². The summed E-state index contributed by atoms with van der Waals surface area (Å²) in [5.74, 6) is 0. The molecule has 0 spiro atoms. The molecular weight excluding hydrogens is 222 g/mol. The minimum Gasteiger partial charge on any atom is -0.307 e. The van der Waals surface area contributed by atoms with Crippen LogP contribution < -0.4 is 5.32 Å². The van der Waals surface area contributed by atoms with Crippen LogP contribution in [-0.4, -0.2) is 22.1 Å². The lowest BCUT2D eigenvalue weighted by molar-refractivity contribution is 0.559. The third kappa shape index (κ3) is 1.85. The zero-order valence-corrected chi connectivity index (χ0v) is 9.74. The van der Waals surface area contributed by atoms with Crippen LogP contribution in [-0.2, 0) is 0 Å². The summed E-state index contributed by atoms with van der Waals surface area (Å²) in [6.07, 6.45) is 10.9. The number of allylic oxidation sites excluding steroid dienone is 1. The van der Waals surface area contributed by atoms with Gasteiger partial charge < -0.3 is 5.32 Å². The van der Waals surface area contributed by atoms with E-state index in [-0.39, 0.29) is 0 Å². The molecule has 1 aromatic heterocycles. The van der Waals surface area contributed by atoms with E-state index in [1.165, 1.54) is 24.8 Å². The monoisotopic (exact) mass is 235 g/mol. The molecule has 2 aliphatic heterocycles. The van der Waals surface area contributed by atoms with Crippen molar-refractivity contribution in [2.45, 2.75) is 37.8 Å². The highest BCUT2D eigenvalue weighted by Crippen LogP contribution is 2.31. The van der Waals surface area contributed by atoms with Gasteiger partial charge in [0.05, 0.1) is 0 Å². The van der Waals surface area contributed by atoms with Crippen LogP contribution in [0.1, 0.15) is 31.2 Å². The molecule has 1 fully saturated rings. The largest absolute Gasteiger partial charge is 0.307 e. The number of hydrogen-bond acceptors (Lipinski definition) is 3. The van der Waals surface area contributed by atoms with Crippen molar-refractivity contribution in [3.63, 3.8) is 0 Å². The van der Waals surface area contributed by atoms with Crippen LogP contribution in [0.5, 0.6) is 0 Å². The summed E-state index contributed by atoms with van der Waals surface area (Å²) < 4.78 is 0. The fourth-order valence-electron chi connectivity index (χ4n) is 2.65. The minimum absolute atomic E-state index is 0.315. The molecule has 1 aromatic rings. The highest BCUT2D eigenvalue weighted by Gasteiger charge is 2.28. The van der Waals surface area contributed by atoms with E-state index in [4.69, 9.17) is 11.6 Å². The molecule has 3 rings (SSSR count). The van der Waals surface area contributed by atoms with E-state index in [1.807, 2.05) is 12.4 Å². The molecule has 2 bridgehead atoms. The van der Waals surface area contributed by atoms with Crippen molar-refractivity contribution in [2.24, 2.45) is 0 Å². The van der Waals surface area contributed by atoms with E-state index >= 15 is 0 Å². The molecule has 1 saturated heterocycles. The Hall–Kier alpha value is -0.930. The summed E-state index contributed by atoms with van der Waals surface area (Å²) in [5, 5.41) is 3.97. The Morgan fingerprint density at radius 1 is 1.19 bits per heavy atom. The van der Waals surface area contributed by atoms with Gasteiger partial charge in [-0.2, -0.15) is 0 Å². The van der Waals surface area contributed by atoms with Gasteiger partial charge in [0.25, 0.3) is 0 Å². The number of nitrogens with one attached hydrogen (secondary N) is 1. The molecule has 0 unspecified atom stereocenters. The lowest BCUT2D eigenvalue weighted by Crippen LogP contribution is -2.28. The van der Waals surface area contributed by atoms with Gasteiger partial charge in [-0.25, -0.2) is 9.97 Å². The maximum atomic E-state index is 5.70. The number of halogens is 1. The molecule has 0 radical (unpaired) electrons. The molecule has 84 valence electrons. The fraction of sp³-hybridized carbons (Fsp3) is 0.500. The Kier molecular flexibility index (Phi) is 2.65. The summed E-state index contributed by atoms with van der Waals surface area (Å²) in [7, 11) is 0. The van der Waals surface area contributed by atoms with E-state index in [0.717, 1.165) is 12.0 Å². The topological polar surface area (TPSA) is 37.8 Å². The average molecular weight is 236 g/mol. The Balaban J connectivity index is 1.92. The van der Waals surface area contributed by atoms with Crippen molar-refractivity contribution >= 4 is 17.2 Å². The second kappa shape index (κ2) is 4.15. The van der Waals surface area contributed by atoms with Gasteiger partial charge in [-0.05, 0) is 42.9 Å². The summed E-state index contributed by atoms with van der Waals surface area (Å²) in [4.78, 5) is 8.11. The molecule has 2 atom stereocenters. The fourth-order valence-corrected chi connectivity index (χ4v) is 2.75. The quantitative estimate of drug-likeness (QED) is 0.760. The predicted octanol–water partition coefficient (Wildman–Crippen LogP) is 2.43. The van der Waals surface area contributed by atoms with Gasteiger partial charge in [-0.15, -0.1) is 0 Å². The van der Waals surface area contributed by atoms with E-state index in [1.54, 1.807) is 0 Å². The van der Waals surface area contributed by atoms with E-state index in [9.17, 15) is 0 Å². The van der Waals surface area contributed by atoms with Gasteiger partial charge in [0.15, 0.2) is 0 Å². The SMILES string of the molecule is Clc1ncc(C2=CCC[C@@H]3CC[C@H]2N3)cn1. The molecule has 0 saturated carbocycles. The second-order valence-corrected chi connectivity index (χ2v) is 4.81. The Labute approximate surface area is 99.9 Å². The number of aromatic nitrogens is 2. The molecule has 3 heterocycles. The van der Waals surface area contributed by atoms with Crippen LogP contribution in [0.25, 0.3) is 5.57 Å². The lowest BCUT2D eigenvalue weighted by atomic mass is 9.96.